The number of aliphatic hydroxyl groups excluding tert-OH is 5. The lowest BCUT2D eigenvalue weighted by Gasteiger charge is -2.64. The van der Waals surface area contributed by atoms with Crippen molar-refractivity contribution in [1.29, 1.82) is 0 Å². The summed E-state index contributed by atoms with van der Waals surface area (Å²) in [7, 11) is 0. The average molecular weight is 623 g/mol. The van der Waals surface area contributed by atoms with Gasteiger partial charge in [-0.25, -0.2) is 0 Å². The third-order valence-corrected chi connectivity index (χ3v) is 15.5. The zero-order valence-corrected chi connectivity index (χ0v) is 27.8. The molecule has 0 aromatic rings. The van der Waals surface area contributed by atoms with E-state index in [2.05, 4.69) is 34.6 Å². The Hall–Kier alpha value is -0.360. The molecule has 7 fully saturated rings. The van der Waals surface area contributed by atoms with Gasteiger partial charge in [0.25, 0.3) is 0 Å². The molecule has 7 aliphatic rings. The lowest BCUT2D eigenvalue weighted by atomic mass is 9.41. The Morgan fingerprint density at radius 3 is 2.11 bits per heavy atom. The Kier molecular flexibility index (Phi) is 7.04. The standard InChI is InChI=1S/C35H58O9/c1-29(2)22(43-28-25(40)24(39)20(38)16-42-28)9-11-35-17-34(35)13-12-31(5)27(33(7)10-8-23(44-33)30(3,4)41)19(37)15-32(31,6)21(34)14-18(36)26(29)35/h18-28,36-41H,8-17H2,1-7H3/t18-,19?,20+,21-,22-,23?,24-,25+,26-,27-,28-,31+,32-,33-,34-,35+/m0/s1. The molecule has 2 aliphatic heterocycles. The maximum atomic E-state index is 12.1. The molecule has 16 atom stereocenters. The van der Waals surface area contributed by atoms with Crippen molar-refractivity contribution in [2.75, 3.05) is 6.61 Å². The number of fused-ring (bicyclic) bond motifs is 2. The molecule has 2 heterocycles. The van der Waals surface area contributed by atoms with Gasteiger partial charge in [-0.05, 0) is 117 Å². The number of aliphatic hydroxyl groups is 6. The van der Waals surface area contributed by atoms with Gasteiger partial charge in [0.15, 0.2) is 6.29 Å². The van der Waals surface area contributed by atoms with E-state index in [4.69, 9.17) is 14.2 Å². The summed E-state index contributed by atoms with van der Waals surface area (Å²) in [4.78, 5) is 0. The summed E-state index contributed by atoms with van der Waals surface area (Å²) in [5.74, 6) is 0.285. The van der Waals surface area contributed by atoms with Crippen LogP contribution in [0.15, 0.2) is 0 Å². The van der Waals surface area contributed by atoms with Crippen molar-refractivity contribution in [3.8, 4) is 0 Å². The fourth-order valence-electron chi connectivity index (χ4n) is 13.4. The summed E-state index contributed by atoms with van der Waals surface area (Å²) in [5, 5.41) is 65.5. The van der Waals surface area contributed by atoms with Gasteiger partial charge >= 0.3 is 0 Å². The number of rotatable bonds is 4. The van der Waals surface area contributed by atoms with Crippen LogP contribution in [-0.4, -0.2) is 97.5 Å². The van der Waals surface area contributed by atoms with Gasteiger partial charge < -0.3 is 44.8 Å². The first-order valence-electron chi connectivity index (χ1n) is 17.4. The second-order valence-corrected chi connectivity index (χ2v) is 18.3. The van der Waals surface area contributed by atoms with Crippen LogP contribution in [0, 0.1) is 44.8 Å². The minimum absolute atomic E-state index is 0.00753. The SMILES string of the molecule is CC(C)(O)C1CC[C@@](C)([C@H]2C(O)C[C@@]3(C)[C@@H]4C[C@H](O)[C@H]5C(C)(C)[C@@H](O[C@@H]6OC[C@@H](O)[C@H](O)[C@H]6O)CC[C@@]56C[C@@]46CC[C@]23C)O1. The average Bonchev–Trinajstić information content (AvgIpc) is 3.27. The molecule has 5 aliphatic carbocycles. The van der Waals surface area contributed by atoms with Crippen molar-refractivity contribution in [3.63, 3.8) is 0 Å². The number of hydrogen-bond donors (Lipinski definition) is 6. The predicted molar refractivity (Wildman–Crippen MR) is 161 cm³/mol. The molecule has 7 rings (SSSR count). The molecule has 0 radical (unpaired) electrons. The molecule has 252 valence electrons. The summed E-state index contributed by atoms with van der Waals surface area (Å²) in [6.45, 7) is 14.8. The van der Waals surface area contributed by atoms with E-state index in [1.54, 1.807) is 0 Å². The first kappa shape index (κ1) is 32.2. The van der Waals surface area contributed by atoms with E-state index in [1.807, 2.05) is 13.8 Å². The Morgan fingerprint density at radius 1 is 0.750 bits per heavy atom. The third kappa shape index (κ3) is 3.97. The minimum atomic E-state index is -1.33. The molecular weight excluding hydrogens is 564 g/mol. The van der Waals surface area contributed by atoms with Gasteiger partial charge in [-0.1, -0.05) is 27.7 Å². The topological polar surface area (TPSA) is 149 Å². The lowest BCUT2D eigenvalue weighted by molar-refractivity contribution is -0.306. The van der Waals surface area contributed by atoms with E-state index in [1.165, 1.54) is 0 Å². The monoisotopic (exact) mass is 622 g/mol. The first-order chi connectivity index (χ1) is 20.3. The van der Waals surface area contributed by atoms with Crippen molar-refractivity contribution >= 4 is 0 Å². The van der Waals surface area contributed by atoms with Gasteiger partial charge in [0, 0.05) is 5.92 Å². The van der Waals surface area contributed by atoms with Gasteiger partial charge in [-0.2, -0.15) is 0 Å². The molecule has 0 bridgehead atoms. The van der Waals surface area contributed by atoms with Gasteiger partial charge in [0.05, 0.1) is 42.2 Å². The molecule has 6 N–H and O–H groups in total. The van der Waals surface area contributed by atoms with E-state index < -0.39 is 53.4 Å². The van der Waals surface area contributed by atoms with Crippen LogP contribution in [0.5, 0.6) is 0 Å². The minimum Gasteiger partial charge on any atom is -0.393 e. The smallest absolute Gasteiger partial charge is 0.186 e. The Morgan fingerprint density at radius 2 is 1.45 bits per heavy atom. The molecule has 44 heavy (non-hydrogen) atoms. The van der Waals surface area contributed by atoms with Crippen LogP contribution in [0.1, 0.15) is 106 Å². The molecule has 0 amide bonds. The van der Waals surface area contributed by atoms with Gasteiger partial charge in [-0.15, -0.1) is 0 Å². The molecule has 9 heteroatoms. The van der Waals surface area contributed by atoms with Crippen molar-refractivity contribution < 1.29 is 44.8 Å². The normalized spacial score (nSPS) is 59.8. The Balaban J connectivity index is 1.15. The molecule has 2 unspecified atom stereocenters. The van der Waals surface area contributed by atoms with Crippen LogP contribution < -0.4 is 0 Å². The molecular formula is C35H58O9. The zero-order valence-electron chi connectivity index (χ0n) is 27.8. The molecule has 9 nitrogen and oxygen atoms in total. The Bertz CT molecular complexity index is 1160. The van der Waals surface area contributed by atoms with E-state index in [0.717, 1.165) is 44.9 Å². The number of hydrogen-bond acceptors (Lipinski definition) is 9. The van der Waals surface area contributed by atoms with Gasteiger partial charge in [0.2, 0.25) is 0 Å². The van der Waals surface area contributed by atoms with Crippen LogP contribution >= 0.6 is 0 Å². The maximum absolute atomic E-state index is 12.1. The second kappa shape index (κ2) is 9.63. The van der Waals surface area contributed by atoms with Crippen molar-refractivity contribution in [2.24, 2.45) is 44.8 Å². The lowest BCUT2D eigenvalue weighted by Crippen LogP contribution is -2.63. The summed E-state index contributed by atoms with van der Waals surface area (Å²) in [5.41, 5.74) is -2.01. The fraction of sp³-hybridized carbons (Fsp3) is 1.00. The summed E-state index contributed by atoms with van der Waals surface area (Å²) < 4.78 is 18.7. The van der Waals surface area contributed by atoms with Crippen LogP contribution in [0.25, 0.3) is 0 Å². The highest BCUT2D eigenvalue weighted by atomic mass is 16.7. The van der Waals surface area contributed by atoms with Gasteiger partial charge in [-0.3, -0.25) is 0 Å². The van der Waals surface area contributed by atoms with Crippen molar-refractivity contribution in [2.45, 2.75) is 166 Å². The van der Waals surface area contributed by atoms with Crippen LogP contribution in [-0.2, 0) is 14.2 Å². The molecule has 0 aromatic carbocycles. The van der Waals surface area contributed by atoms with Crippen LogP contribution in [0.3, 0.4) is 0 Å². The second-order valence-electron chi connectivity index (χ2n) is 18.3. The summed E-state index contributed by atoms with van der Waals surface area (Å²) in [6, 6.07) is 0. The summed E-state index contributed by atoms with van der Waals surface area (Å²) >= 11 is 0. The summed E-state index contributed by atoms with van der Waals surface area (Å²) in [6.07, 6.45) is 1.57. The largest absolute Gasteiger partial charge is 0.393 e. The van der Waals surface area contributed by atoms with Gasteiger partial charge in [0.1, 0.15) is 18.3 Å². The predicted octanol–water partition coefficient (Wildman–Crippen LogP) is 2.90. The first-order valence-corrected chi connectivity index (χ1v) is 17.4. The van der Waals surface area contributed by atoms with E-state index in [-0.39, 0.29) is 52.3 Å². The molecule has 0 aromatic heterocycles. The maximum Gasteiger partial charge on any atom is 0.186 e. The van der Waals surface area contributed by atoms with Crippen molar-refractivity contribution in [1.82, 2.24) is 0 Å². The van der Waals surface area contributed by atoms with E-state index in [9.17, 15) is 30.6 Å². The third-order valence-electron chi connectivity index (χ3n) is 15.5. The Labute approximate surface area is 262 Å². The highest BCUT2D eigenvalue weighted by molar-refractivity contribution is 5.33. The zero-order chi connectivity index (χ0) is 32.0. The highest BCUT2D eigenvalue weighted by Crippen LogP contribution is 2.89. The van der Waals surface area contributed by atoms with Crippen LogP contribution in [0.4, 0.5) is 0 Å². The fourth-order valence-corrected chi connectivity index (χ4v) is 13.4. The van der Waals surface area contributed by atoms with Crippen LogP contribution in [0.2, 0.25) is 0 Å². The van der Waals surface area contributed by atoms with Crippen molar-refractivity contribution in [3.05, 3.63) is 0 Å². The molecule has 2 saturated heterocycles. The quantitative estimate of drug-likeness (QED) is 0.260. The van der Waals surface area contributed by atoms with E-state index in [0.29, 0.717) is 18.8 Å². The molecule has 2 spiro atoms. The molecule has 5 saturated carbocycles. The highest BCUT2D eigenvalue weighted by Gasteiger charge is 2.85. The van der Waals surface area contributed by atoms with E-state index >= 15 is 0 Å². The number of ether oxygens (including phenoxy) is 3.